The average Bonchev–Trinajstić information content (AvgIpc) is 3.24. The minimum absolute atomic E-state index is 0. The molecule has 2 saturated carbocycles. The largest absolute Gasteiger partial charge is 0.382 e. The summed E-state index contributed by atoms with van der Waals surface area (Å²) in [5.41, 5.74) is 0.969. The van der Waals surface area contributed by atoms with Gasteiger partial charge in [0.1, 0.15) is 0 Å². The Balaban J connectivity index is 0.00000288. The van der Waals surface area contributed by atoms with Gasteiger partial charge in [0, 0.05) is 33.4 Å². The van der Waals surface area contributed by atoms with Crippen LogP contribution in [0.5, 0.6) is 0 Å². The Morgan fingerprint density at radius 3 is 2.12 bits per heavy atom. The first-order valence-corrected chi connectivity index (χ1v) is 9.55. The molecular formula is C19H38IN3O. The molecule has 0 saturated heterocycles. The van der Waals surface area contributed by atoms with Crippen LogP contribution in [0, 0.1) is 16.7 Å². The highest BCUT2D eigenvalue weighted by Gasteiger charge is 2.42. The number of nitrogens with zero attached hydrogens (tertiary/aromatic N) is 1. The van der Waals surface area contributed by atoms with Crippen LogP contribution in [0.15, 0.2) is 4.99 Å². The normalized spacial score (nSPS) is 21.0. The molecule has 0 atom stereocenters. The van der Waals surface area contributed by atoms with Gasteiger partial charge in [0.2, 0.25) is 0 Å². The van der Waals surface area contributed by atoms with Gasteiger partial charge in [0.25, 0.3) is 0 Å². The van der Waals surface area contributed by atoms with Gasteiger partial charge in [-0.25, -0.2) is 0 Å². The molecule has 5 heteroatoms. The number of nitrogens with one attached hydrogen (secondary N) is 2. The third-order valence-corrected chi connectivity index (χ3v) is 5.68. The van der Waals surface area contributed by atoms with E-state index in [-0.39, 0.29) is 24.0 Å². The van der Waals surface area contributed by atoms with Gasteiger partial charge in [-0.3, -0.25) is 4.99 Å². The van der Waals surface area contributed by atoms with E-state index in [1.54, 1.807) is 0 Å². The molecule has 142 valence electrons. The lowest BCUT2D eigenvalue weighted by Crippen LogP contribution is -2.48. The third kappa shape index (κ3) is 6.70. The van der Waals surface area contributed by atoms with E-state index in [2.05, 4.69) is 36.4 Å². The van der Waals surface area contributed by atoms with E-state index in [9.17, 15) is 0 Å². The van der Waals surface area contributed by atoms with Crippen LogP contribution in [0.2, 0.25) is 0 Å². The fourth-order valence-corrected chi connectivity index (χ4v) is 3.88. The maximum atomic E-state index is 5.52. The number of ether oxygens (including phenoxy) is 1. The van der Waals surface area contributed by atoms with Crippen molar-refractivity contribution in [3.8, 4) is 0 Å². The number of halogens is 1. The van der Waals surface area contributed by atoms with Crippen molar-refractivity contribution >= 4 is 29.9 Å². The first-order chi connectivity index (χ1) is 11.0. The molecule has 0 unspecified atom stereocenters. The maximum Gasteiger partial charge on any atom is 0.191 e. The Kier molecular flexibility index (Phi) is 9.34. The van der Waals surface area contributed by atoms with Gasteiger partial charge in [0.15, 0.2) is 5.96 Å². The predicted octanol–water partition coefficient (Wildman–Crippen LogP) is 4.19. The molecule has 0 bridgehead atoms. The second-order valence-electron chi connectivity index (χ2n) is 8.18. The van der Waals surface area contributed by atoms with Gasteiger partial charge in [-0.2, -0.15) is 0 Å². The minimum atomic E-state index is 0. The first kappa shape index (κ1) is 22.0. The molecular weight excluding hydrogens is 413 g/mol. The van der Waals surface area contributed by atoms with E-state index in [0.717, 1.165) is 38.2 Å². The molecule has 24 heavy (non-hydrogen) atoms. The fourth-order valence-electron chi connectivity index (χ4n) is 3.88. The Morgan fingerprint density at radius 1 is 1.08 bits per heavy atom. The average molecular weight is 451 g/mol. The lowest BCUT2D eigenvalue weighted by Gasteiger charge is -2.43. The van der Waals surface area contributed by atoms with Crippen LogP contribution >= 0.6 is 24.0 Å². The van der Waals surface area contributed by atoms with Crippen molar-refractivity contribution in [1.82, 2.24) is 10.6 Å². The summed E-state index contributed by atoms with van der Waals surface area (Å²) >= 11 is 0. The molecule has 0 aliphatic heterocycles. The number of hydrogen-bond donors (Lipinski definition) is 2. The van der Waals surface area contributed by atoms with Crippen LogP contribution in [0.4, 0.5) is 0 Å². The van der Waals surface area contributed by atoms with Crippen molar-refractivity contribution in [3.63, 3.8) is 0 Å². The molecule has 2 fully saturated rings. The summed E-state index contributed by atoms with van der Waals surface area (Å²) in [5.74, 6) is 1.75. The lowest BCUT2D eigenvalue weighted by atomic mass is 9.64. The maximum absolute atomic E-state index is 5.52. The SMILES string of the molecule is CCOCCC1(CNC(=NC)NCC2(CC(C)C)CCC2)CC1.I. The summed E-state index contributed by atoms with van der Waals surface area (Å²) in [6.45, 7) is 10.5. The standard InChI is InChI=1S/C19H37N3O.HI/c1-5-23-12-11-18(9-10-18)14-21-17(20-4)22-15-19(7-6-8-19)13-16(2)3;/h16H,5-15H2,1-4H3,(H2,20,21,22);1H. The zero-order valence-electron chi connectivity index (χ0n) is 16.1. The highest BCUT2D eigenvalue weighted by molar-refractivity contribution is 14.0. The van der Waals surface area contributed by atoms with Gasteiger partial charge in [-0.1, -0.05) is 20.3 Å². The van der Waals surface area contributed by atoms with E-state index in [1.807, 2.05) is 7.05 Å². The summed E-state index contributed by atoms with van der Waals surface area (Å²) in [5, 5.41) is 7.15. The zero-order valence-corrected chi connectivity index (χ0v) is 18.4. The van der Waals surface area contributed by atoms with Crippen LogP contribution in [0.3, 0.4) is 0 Å². The first-order valence-electron chi connectivity index (χ1n) is 9.55. The van der Waals surface area contributed by atoms with Crippen LogP contribution in [0.1, 0.15) is 65.7 Å². The monoisotopic (exact) mass is 451 g/mol. The van der Waals surface area contributed by atoms with Crippen LogP contribution in [0.25, 0.3) is 0 Å². The zero-order chi connectivity index (χ0) is 16.8. The van der Waals surface area contributed by atoms with Crippen LogP contribution in [-0.2, 0) is 4.74 Å². The van der Waals surface area contributed by atoms with Crippen LogP contribution in [-0.4, -0.2) is 39.3 Å². The molecule has 0 amide bonds. The molecule has 2 aliphatic carbocycles. The van der Waals surface area contributed by atoms with Crippen molar-refractivity contribution in [2.75, 3.05) is 33.4 Å². The van der Waals surface area contributed by atoms with E-state index < -0.39 is 0 Å². The third-order valence-electron chi connectivity index (χ3n) is 5.68. The Labute approximate surface area is 166 Å². The second kappa shape index (κ2) is 10.2. The molecule has 2 aliphatic rings. The molecule has 2 rings (SSSR count). The molecule has 0 spiro atoms. The predicted molar refractivity (Wildman–Crippen MR) is 113 cm³/mol. The topological polar surface area (TPSA) is 45.6 Å². The molecule has 2 N–H and O–H groups in total. The van der Waals surface area contributed by atoms with E-state index >= 15 is 0 Å². The number of rotatable bonds is 10. The quantitative estimate of drug-likeness (QED) is 0.227. The molecule has 0 aromatic carbocycles. The number of guanidine groups is 1. The van der Waals surface area contributed by atoms with E-state index in [4.69, 9.17) is 4.74 Å². The summed E-state index contributed by atoms with van der Waals surface area (Å²) in [6.07, 6.45) is 9.27. The molecule has 0 aromatic heterocycles. The van der Waals surface area contributed by atoms with E-state index in [0.29, 0.717) is 10.8 Å². The van der Waals surface area contributed by atoms with Crippen molar-refractivity contribution in [3.05, 3.63) is 0 Å². The van der Waals surface area contributed by atoms with E-state index in [1.165, 1.54) is 44.9 Å². The van der Waals surface area contributed by atoms with Crippen molar-refractivity contribution in [2.45, 2.75) is 65.7 Å². The number of hydrogen-bond acceptors (Lipinski definition) is 2. The highest BCUT2D eigenvalue weighted by atomic mass is 127. The smallest absolute Gasteiger partial charge is 0.191 e. The lowest BCUT2D eigenvalue weighted by molar-refractivity contribution is 0.104. The van der Waals surface area contributed by atoms with Gasteiger partial charge in [-0.15, -0.1) is 24.0 Å². The van der Waals surface area contributed by atoms with Gasteiger partial charge >= 0.3 is 0 Å². The van der Waals surface area contributed by atoms with Crippen molar-refractivity contribution in [2.24, 2.45) is 21.7 Å². The summed E-state index contributed by atoms with van der Waals surface area (Å²) in [7, 11) is 1.88. The summed E-state index contributed by atoms with van der Waals surface area (Å²) < 4.78 is 5.52. The van der Waals surface area contributed by atoms with Gasteiger partial charge in [-0.05, 0) is 62.2 Å². The summed E-state index contributed by atoms with van der Waals surface area (Å²) in [4.78, 5) is 4.42. The molecule has 4 nitrogen and oxygen atoms in total. The number of aliphatic imine (C=N–C) groups is 1. The van der Waals surface area contributed by atoms with Crippen molar-refractivity contribution in [1.29, 1.82) is 0 Å². The Hall–Kier alpha value is -0.0400. The minimum Gasteiger partial charge on any atom is -0.382 e. The van der Waals surface area contributed by atoms with Crippen LogP contribution < -0.4 is 10.6 Å². The highest BCUT2D eigenvalue weighted by Crippen LogP contribution is 2.48. The van der Waals surface area contributed by atoms with Crippen molar-refractivity contribution < 1.29 is 4.74 Å². The Morgan fingerprint density at radius 2 is 1.71 bits per heavy atom. The molecule has 0 radical (unpaired) electrons. The van der Waals surface area contributed by atoms with Gasteiger partial charge in [0.05, 0.1) is 0 Å². The Bertz CT molecular complexity index is 390. The fraction of sp³-hybridized carbons (Fsp3) is 0.947. The van der Waals surface area contributed by atoms with Gasteiger partial charge < -0.3 is 15.4 Å². The molecule has 0 aromatic rings. The second-order valence-corrected chi connectivity index (χ2v) is 8.18. The summed E-state index contributed by atoms with van der Waals surface area (Å²) in [6, 6.07) is 0. The molecule has 0 heterocycles.